The summed E-state index contributed by atoms with van der Waals surface area (Å²) in [6.07, 6.45) is 1.22. The van der Waals surface area contributed by atoms with E-state index in [9.17, 15) is 14.7 Å². The zero-order valence-electron chi connectivity index (χ0n) is 11.4. The van der Waals surface area contributed by atoms with Gasteiger partial charge in [-0.1, -0.05) is 0 Å². The standard InChI is InChI=1S/C13H19N3O4/c1-20-5-4-16-12(18)3-2-11(15-16)13(19)14-8-9-6-10(17)7-9/h2-3,9-10,17H,4-8H2,1H3,(H,14,19). The zero-order valence-corrected chi connectivity index (χ0v) is 11.4. The van der Waals surface area contributed by atoms with Gasteiger partial charge in [-0.2, -0.15) is 5.10 Å². The molecule has 7 heteroatoms. The minimum atomic E-state index is -0.308. The number of ether oxygens (including phenoxy) is 1. The Morgan fingerprint density at radius 2 is 2.30 bits per heavy atom. The highest BCUT2D eigenvalue weighted by Gasteiger charge is 2.27. The summed E-state index contributed by atoms with van der Waals surface area (Å²) in [6, 6.07) is 2.74. The van der Waals surface area contributed by atoms with E-state index in [0.717, 1.165) is 12.8 Å². The van der Waals surface area contributed by atoms with Crippen LogP contribution in [0.4, 0.5) is 0 Å². The number of rotatable bonds is 6. The zero-order chi connectivity index (χ0) is 14.5. The van der Waals surface area contributed by atoms with Crippen molar-refractivity contribution in [1.82, 2.24) is 15.1 Å². The molecule has 1 aliphatic rings. The Labute approximate surface area is 116 Å². The number of nitrogens with zero attached hydrogens (tertiary/aromatic N) is 2. The maximum absolute atomic E-state index is 11.9. The van der Waals surface area contributed by atoms with Crippen molar-refractivity contribution in [2.24, 2.45) is 5.92 Å². The van der Waals surface area contributed by atoms with E-state index in [2.05, 4.69) is 10.4 Å². The second kappa shape index (κ2) is 6.62. The van der Waals surface area contributed by atoms with Gasteiger partial charge in [0.2, 0.25) is 0 Å². The van der Waals surface area contributed by atoms with E-state index < -0.39 is 0 Å². The van der Waals surface area contributed by atoms with E-state index >= 15 is 0 Å². The van der Waals surface area contributed by atoms with Crippen molar-refractivity contribution in [3.05, 3.63) is 28.2 Å². The topological polar surface area (TPSA) is 93.5 Å². The predicted octanol–water partition coefficient (Wildman–Crippen LogP) is -0.610. The molecule has 1 aromatic rings. The lowest BCUT2D eigenvalue weighted by Crippen LogP contribution is -2.39. The number of aliphatic hydroxyl groups excluding tert-OH is 1. The van der Waals surface area contributed by atoms with E-state index in [-0.39, 0.29) is 23.3 Å². The molecule has 20 heavy (non-hydrogen) atoms. The highest BCUT2D eigenvalue weighted by atomic mass is 16.5. The van der Waals surface area contributed by atoms with Gasteiger partial charge < -0.3 is 15.2 Å². The first-order valence-corrected chi connectivity index (χ1v) is 6.63. The largest absolute Gasteiger partial charge is 0.393 e. The van der Waals surface area contributed by atoms with Crippen LogP contribution in [0.2, 0.25) is 0 Å². The Hall–Kier alpha value is -1.73. The van der Waals surface area contributed by atoms with Crippen LogP contribution in [-0.4, -0.2) is 47.2 Å². The van der Waals surface area contributed by atoms with Gasteiger partial charge in [-0.25, -0.2) is 4.68 Å². The molecule has 110 valence electrons. The highest BCUT2D eigenvalue weighted by Crippen LogP contribution is 2.26. The average molecular weight is 281 g/mol. The summed E-state index contributed by atoms with van der Waals surface area (Å²) in [4.78, 5) is 23.5. The molecule has 1 heterocycles. The molecule has 2 N–H and O–H groups in total. The van der Waals surface area contributed by atoms with Gasteiger partial charge in [0.05, 0.1) is 19.3 Å². The third-order valence-electron chi connectivity index (χ3n) is 3.37. The van der Waals surface area contributed by atoms with Crippen molar-refractivity contribution in [1.29, 1.82) is 0 Å². The first kappa shape index (κ1) is 14.7. The van der Waals surface area contributed by atoms with Gasteiger partial charge in [0.15, 0.2) is 0 Å². The van der Waals surface area contributed by atoms with Crippen LogP contribution in [-0.2, 0) is 11.3 Å². The summed E-state index contributed by atoms with van der Waals surface area (Å²) in [5.41, 5.74) is -0.0544. The molecule has 1 aliphatic carbocycles. The molecule has 1 saturated carbocycles. The lowest BCUT2D eigenvalue weighted by molar-refractivity contribution is 0.0419. The fourth-order valence-electron chi connectivity index (χ4n) is 2.10. The van der Waals surface area contributed by atoms with Crippen molar-refractivity contribution < 1.29 is 14.6 Å². The highest BCUT2D eigenvalue weighted by molar-refractivity contribution is 5.91. The Bertz CT molecular complexity index is 523. The molecule has 2 rings (SSSR count). The first-order chi connectivity index (χ1) is 9.60. The SMILES string of the molecule is COCCn1nc(C(=O)NCC2CC(O)C2)ccc1=O. The minimum Gasteiger partial charge on any atom is -0.393 e. The quantitative estimate of drug-likeness (QED) is 0.725. The Kier molecular flexibility index (Phi) is 4.86. The molecule has 1 fully saturated rings. The van der Waals surface area contributed by atoms with Crippen LogP contribution in [0.15, 0.2) is 16.9 Å². The summed E-state index contributed by atoms with van der Waals surface area (Å²) in [5, 5.41) is 15.9. The van der Waals surface area contributed by atoms with Crippen LogP contribution in [0.3, 0.4) is 0 Å². The van der Waals surface area contributed by atoms with Crippen LogP contribution < -0.4 is 10.9 Å². The monoisotopic (exact) mass is 281 g/mol. The molecular weight excluding hydrogens is 262 g/mol. The molecule has 0 saturated heterocycles. The van der Waals surface area contributed by atoms with E-state index in [4.69, 9.17) is 4.74 Å². The van der Waals surface area contributed by atoms with Crippen LogP contribution >= 0.6 is 0 Å². The number of hydrogen-bond donors (Lipinski definition) is 2. The van der Waals surface area contributed by atoms with Crippen LogP contribution in [0.1, 0.15) is 23.3 Å². The number of carbonyl (C=O) groups excluding carboxylic acids is 1. The summed E-state index contributed by atoms with van der Waals surface area (Å²) in [6.45, 7) is 1.19. The third-order valence-corrected chi connectivity index (χ3v) is 3.37. The lowest BCUT2D eigenvalue weighted by atomic mass is 9.82. The third kappa shape index (κ3) is 3.64. The van der Waals surface area contributed by atoms with Gasteiger partial charge in [0.25, 0.3) is 11.5 Å². The van der Waals surface area contributed by atoms with Crippen molar-refractivity contribution in [2.45, 2.75) is 25.5 Å². The van der Waals surface area contributed by atoms with Gasteiger partial charge in [-0.05, 0) is 24.8 Å². The Morgan fingerprint density at radius 1 is 1.55 bits per heavy atom. The van der Waals surface area contributed by atoms with Gasteiger partial charge in [-0.15, -0.1) is 0 Å². The summed E-state index contributed by atoms with van der Waals surface area (Å²) >= 11 is 0. The minimum absolute atomic E-state index is 0.209. The van der Waals surface area contributed by atoms with Crippen molar-refractivity contribution in [3.63, 3.8) is 0 Å². The van der Waals surface area contributed by atoms with E-state index in [1.54, 1.807) is 0 Å². The number of methoxy groups -OCH3 is 1. The second-order valence-corrected chi connectivity index (χ2v) is 4.97. The van der Waals surface area contributed by atoms with Crippen LogP contribution in [0.5, 0.6) is 0 Å². The second-order valence-electron chi connectivity index (χ2n) is 4.97. The van der Waals surface area contributed by atoms with Gasteiger partial charge in [-0.3, -0.25) is 9.59 Å². The molecule has 0 atom stereocenters. The molecule has 7 nitrogen and oxygen atoms in total. The van der Waals surface area contributed by atoms with E-state index in [1.165, 1.54) is 23.9 Å². The number of nitrogens with one attached hydrogen (secondary N) is 1. The summed E-state index contributed by atoms with van der Waals surface area (Å²) < 4.78 is 6.10. The maximum atomic E-state index is 11.9. The lowest BCUT2D eigenvalue weighted by Gasteiger charge is -2.31. The smallest absolute Gasteiger partial charge is 0.271 e. The van der Waals surface area contributed by atoms with E-state index in [0.29, 0.717) is 25.6 Å². The van der Waals surface area contributed by atoms with Crippen molar-refractivity contribution in [3.8, 4) is 0 Å². The molecule has 0 aliphatic heterocycles. The van der Waals surface area contributed by atoms with Crippen molar-refractivity contribution >= 4 is 5.91 Å². The fraction of sp³-hybridized carbons (Fsp3) is 0.615. The van der Waals surface area contributed by atoms with Crippen molar-refractivity contribution in [2.75, 3.05) is 20.3 Å². The summed E-state index contributed by atoms with van der Waals surface area (Å²) in [7, 11) is 1.54. The maximum Gasteiger partial charge on any atom is 0.271 e. The first-order valence-electron chi connectivity index (χ1n) is 6.63. The number of amides is 1. The average Bonchev–Trinajstić information content (AvgIpc) is 2.41. The molecule has 0 spiro atoms. The Balaban J connectivity index is 1.93. The molecule has 0 aromatic carbocycles. The number of hydrogen-bond acceptors (Lipinski definition) is 5. The molecule has 0 radical (unpaired) electrons. The molecule has 1 amide bonds. The number of aromatic nitrogens is 2. The number of aliphatic hydroxyl groups is 1. The molecule has 0 bridgehead atoms. The normalized spacial score (nSPS) is 21.3. The van der Waals surface area contributed by atoms with E-state index in [1.807, 2.05) is 0 Å². The predicted molar refractivity (Wildman–Crippen MR) is 71.4 cm³/mol. The summed E-state index contributed by atoms with van der Waals surface area (Å²) in [5.74, 6) is 0.0194. The van der Waals surface area contributed by atoms with Crippen LogP contribution in [0.25, 0.3) is 0 Å². The molecule has 1 aromatic heterocycles. The Morgan fingerprint density at radius 3 is 2.95 bits per heavy atom. The van der Waals surface area contributed by atoms with Crippen LogP contribution in [0, 0.1) is 5.92 Å². The van der Waals surface area contributed by atoms with Gasteiger partial charge in [0.1, 0.15) is 5.69 Å². The fourth-order valence-corrected chi connectivity index (χ4v) is 2.10. The molecule has 0 unspecified atom stereocenters. The van der Waals surface area contributed by atoms with Gasteiger partial charge in [0, 0.05) is 19.7 Å². The number of carbonyl (C=O) groups is 1. The molecular formula is C13H19N3O4. The van der Waals surface area contributed by atoms with Gasteiger partial charge >= 0.3 is 0 Å².